The van der Waals surface area contributed by atoms with Crippen molar-refractivity contribution in [3.05, 3.63) is 29.3 Å². The van der Waals surface area contributed by atoms with Gasteiger partial charge in [0.05, 0.1) is 5.56 Å². The Morgan fingerprint density at radius 2 is 2.10 bits per heavy atom. The van der Waals surface area contributed by atoms with Gasteiger partial charge < -0.3 is 10.4 Å². The van der Waals surface area contributed by atoms with E-state index >= 15 is 0 Å². The van der Waals surface area contributed by atoms with E-state index in [0.29, 0.717) is 5.56 Å². The van der Waals surface area contributed by atoms with Gasteiger partial charge in [-0.3, -0.25) is 4.90 Å². The molecule has 0 spiro atoms. The summed E-state index contributed by atoms with van der Waals surface area (Å²) in [6, 6.07) is 7.88. The highest BCUT2D eigenvalue weighted by molar-refractivity contribution is 5.48. The van der Waals surface area contributed by atoms with E-state index in [-0.39, 0.29) is 11.8 Å². The van der Waals surface area contributed by atoms with Gasteiger partial charge in [0.2, 0.25) is 0 Å². The zero-order chi connectivity index (χ0) is 13.9. The van der Waals surface area contributed by atoms with E-state index < -0.39 is 0 Å². The minimum atomic E-state index is 0.180. The van der Waals surface area contributed by atoms with Gasteiger partial charge in [0.1, 0.15) is 11.8 Å². The van der Waals surface area contributed by atoms with Gasteiger partial charge in [-0.05, 0) is 18.4 Å². The van der Waals surface area contributed by atoms with Crippen LogP contribution in [0.1, 0.15) is 36.4 Å². The maximum absolute atomic E-state index is 10.4. The number of nitrogens with zero attached hydrogens (tertiary/aromatic N) is 2. The lowest BCUT2D eigenvalue weighted by molar-refractivity contribution is 0.158. The number of para-hydroxylation sites is 1. The van der Waals surface area contributed by atoms with Gasteiger partial charge >= 0.3 is 0 Å². The van der Waals surface area contributed by atoms with Crippen molar-refractivity contribution in [2.75, 3.05) is 26.2 Å². The molecule has 0 radical (unpaired) electrons. The van der Waals surface area contributed by atoms with Crippen LogP contribution in [0.3, 0.4) is 0 Å². The number of rotatable bonds is 4. The average molecular weight is 271 g/mol. The Morgan fingerprint density at radius 3 is 2.75 bits per heavy atom. The molecule has 0 amide bonds. The molecule has 0 bridgehead atoms. The number of phenols is 1. The molecular weight excluding hydrogens is 250 g/mol. The number of piperazine rings is 1. The normalized spacial score (nSPS) is 21.4. The molecule has 1 atom stereocenters. The van der Waals surface area contributed by atoms with Gasteiger partial charge in [-0.25, -0.2) is 0 Å². The van der Waals surface area contributed by atoms with Crippen molar-refractivity contribution >= 4 is 0 Å². The van der Waals surface area contributed by atoms with Gasteiger partial charge in [-0.15, -0.1) is 0 Å². The first-order valence-corrected chi connectivity index (χ1v) is 7.46. The maximum atomic E-state index is 10.4. The second kappa shape index (κ2) is 5.82. The third-order valence-electron chi connectivity index (χ3n) is 4.39. The fourth-order valence-electron chi connectivity index (χ4n) is 3.06. The SMILES string of the molecule is N#Cc1cccc([C@@H](CC2CC2)N2CCNCC2)c1O. The van der Waals surface area contributed by atoms with Crippen LogP contribution in [0.5, 0.6) is 5.75 Å². The molecule has 1 saturated carbocycles. The number of nitrogens with one attached hydrogen (secondary N) is 1. The molecule has 2 fully saturated rings. The molecule has 4 nitrogen and oxygen atoms in total. The highest BCUT2D eigenvalue weighted by Crippen LogP contribution is 2.42. The Balaban J connectivity index is 1.89. The fraction of sp³-hybridized carbons (Fsp3) is 0.562. The molecule has 3 rings (SSSR count). The zero-order valence-corrected chi connectivity index (χ0v) is 11.7. The zero-order valence-electron chi connectivity index (χ0n) is 11.7. The van der Waals surface area contributed by atoms with Crippen molar-refractivity contribution in [2.24, 2.45) is 5.92 Å². The molecule has 0 unspecified atom stereocenters. The second-order valence-corrected chi connectivity index (χ2v) is 5.84. The van der Waals surface area contributed by atoms with Gasteiger partial charge in [-0.1, -0.05) is 25.0 Å². The molecule has 0 aromatic heterocycles. The van der Waals surface area contributed by atoms with E-state index in [9.17, 15) is 5.11 Å². The summed E-state index contributed by atoms with van der Waals surface area (Å²) in [5.74, 6) is 0.971. The van der Waals surface area contributed by atoms with Crippen LogP contribution >= 0.6 is 0 Å². The summed E-state index contributed by atoms with van der Waals surface area (Å²) in [7, 11) is 0. The first-order valence-electron chi connectivity index (χ1n) is 7.46. The van der Waals surface area contributed by atoms with Crippen molar-refractivity contribution in [1.82, 2.24) is 10.2 Å². The smallest absolute Gasteiger partial charge is 0.138 e. The predicted octanol–water partition coefficient (Wildman–Crippen LogP) is 2.01. The van der Waals surface area contributed by atoms with Crippen LogP contribution in [0, 0.1) is 17.2 Å². The number of hydrogen-bond donors (Lipinski definition) is 2. The van der Waals surface area contributed by atoms with Crippen LogP contribution in [0.15, 0.2) is 18.2 Å². The molecule has 1 saturated heterocycles. The van der Waals surface area contributed by atoms with Crippen molar-refractivity contribution < 1.29 is 5.11 Å². The minimum absolute atomic E-state index is 0.180. The third-order valence-corrected chi connectivity index (χ3v) is 4.39. The summed E-state index contributed by atoms with van der Waals surface area (Å²) in [5.41, 5.74) is 1.32. The van der Waals surface area contributed by atoms with Gasteiger partial charge in [0.15, 0.2) is 0 Å². The standard InChI is InChI=1S/C16H21N3O/c17-11-13-2-1-3-14(16(13)20)15(10-12-4-5-12)19-8-6-18-7-9-19/h1-3,12,15,18,20H,4-10H2/t15-/m1/s1. The molecule has 4 heteroatoms. The molecule has 1 aliphatic heterocycles. The number of aromatic hydroxyl groups is 1. The summed E-state index contributed by atoms with van der Waals surface area (Å²) in [5, 5.41) is 22.8. The lowest BCUT2D eigenvalue weighted by Crippen LogP contribution is -2.45. The minimum Gasteiger partial charge on any atom is -0.506 e. The Kier molecular flexibility index (Phi) is 3.90. The number of phenolic OH excluding ortho intramolecular Hbond substituents is 1. The fourth-order valence-corrected chi connectivity index (χ4v) is 3.06. The van der Waals surface area contributed by atoms with Crippen LogP contribution in [-0.4, -0.2) is 36.2 Å². The van der Waals surface area contributed by atoms with Crippen LogP contribution in [0.2, 0.25) is 0 Å². The van der Waals surface area contributed by atoms with Crippen LogP contribution < -0.4 is 5.32 Å². The van der Waals surface area contributed by atoms with Crippen molar-refractivity contribution in [2.45, 2.75) is 25.3 Å². The molecule has 1 heterocycles. The summed E-state index contributed by atoms with van der Waals surface area (Å²) < 4.78 is 0. The van der Waals surface area contributed by atoms with Crippen molar-refractivity contribution in [3.8, 4) is 11.8 Å². The van der Waals surface area contributed by atoms with E-state index in [0.717, 1.165) is 44.1 Å². The largest absolute Gasteiger partial charge is 0.506 e. The van der Waals surface area contributed by atoms with E-state index in [4.69, 9.17) is 5.26 Å². The van der Waals surface area contributed by atoms with Gasteiger partial charge in [0.25, 0.3) is 0 Å². The molecule has 1 aromatic carbocycles. The van der Waals surface area contributed by atoms with Crippen molar-refractivity contribution in [1.29, 1.82) is 5.26 Å². The van der Waals surface area contributed by atoms with E-state index in [1.165, 1.54) is 12.8 Å². The summed E-state index contributed by atoms with van der Waals surface area (Å²) >= 11 is 0. The quantitative estimate of drug-likeness (QED) is 0.879. The average Bonchev–Trinajstić information content (AvgIpc) is 3.30. The van der Waals surface area contributed by atoms with E-state index in [1.54, 1.807) is 6.07 Å². The van der Waals surface area contributed by atoms with E-state index in [2.05, 4.69) is 16.3 Å². The summed E-state index contributed by atoms with van der Waals surface area (Å²) in [6.45, 7) is 4.01. The highest BCUT2D eigenvalue weighted by Gasteiger charge is 2.32. The summed E-state index contributed by atoms with van der Waals surface area (Å²) in [4.78, 5) is 2.45. The van der Waals surface area contributed by atoms with Crippen LogP contribution in [0.25, 0.3) is 0 Å². The number of nitriles is 1. The van der Waals surface area contributed by atoms with Crippen LogP contribution in [-0.2, 0) is 0 Å². The highest BCUT2D eigenvalue weighted by atomic mass is 16.3. The Labute approximate surface area is 120 Å². The first kappa shape index (κ1) is 13.4. The Morgan fingerprint density at radius 1 is 1.35 bits per heavy atom. The number of benzene rings is 1. The second-order valence-electron chi connectivity index (χ2n) is 5.84. The molecular formula is C16H21N3O. The van der Waals surface area contributed by atoms with Crippen molar-refractivity contribution in [3.63, 3.8) is 0 Å². The molecule has 2 N–H and O–H groups in total. The predicted molar refractivity (Wildman–Crippen MR) is 77.3 cm³/mol. The molecule has 1 aromatic rings. The first-order chi connectivity index (χ1) is 9.79. The van der Waals surface area contributed by atoms with Gasteiger partial charge in [0, 0.05) is 37.8 Å². The van der Waals surface area contributed by atoms with Crippen LogP contribution in [0.4, 0.5) is 0 Å². The monoisotopic (exact) mass is 271 g/mol. The Hall–Kier alpha value is -1.57. The third kappa shape index (κ3) is 2.79. The number of hydrogen-bond acceptors (Lipinski definition) is 4. The molecule has 2 aliphatic rings. The van der Waals surface area contributed by atoms with E-state index in [1.807, 2.05) is 12.1 Å². The lowest BCUT2D eigenvalue weighted by Gasteiger charge is -2.35. The lowest BCUT2D eigenvalue weighted by atomic mass is 9.96. The molecule has 1 aliphatic carbocycles. The molecule has 106 valence electrons. The van der Waals surface area contributed by atoms with Gasteiger partial charge in [-0.2, -0.15) is 5.26 Å². The summed E-state index contributed by atoms with van der Waals surface area (Å²) in [6.07, 6.45) is 3.71. The Bertz CT molecular complexity index is 513. The maximum Gasteiger partial charge on any atom is 0.138 e. The molecule has 20 heavy (non-hydrogen) atoms. The topological polar surface area (TPSA) is 59.3 Å².